The van der Waals surface area contributed by atoms with E-state index in [1.54, 1.807) is 0 Å². The average molecular weight is 386 g/mol. The first-order chi connectivity index (χ1) is 12.6. The SMILES string of the molecule is CC(=O)N(CCNC(=O)c1ccc(F)c(F)c1)c1ccc(C(F)(F)F)cc1. The lowest BCUT2D eigenvalue weighted by Gasteiger charge is -2.22. The highest BCUT2D eigenvalue weighted by Gasteiger charge is 2.30. The van der Waals surface area contributed by atoms with Gasteiger partial charge < -0.3 is 10.2 Å². The zero-order valence-electron chi connectivity index (χ0n) is 14.1. The molecule has 2 rings (SSSR count). The van der Waals surface area contributed by atoms with E-state index < -0.39 is 35.2 Å². The van der Waals surface area contributed by atoms with Gasteiger partial charge in [-0.2, -0.15) is 13.2 Å². The number of amides is 2. The first-order valence-corrected chi connectivity index (χ1v) is 7.78. The third kappa shape index (κ3) is 5.25. The molecule has 0 bridgehead atoms. The molecule has 0 fully saturated rings. The number of nitrogens with one attached hydrogen (secondary N) is 1. The van der Waals surface area contributed by atoms with Gasteiger partial charge in [-0.3, -0.25) is 9.59 Å². The Kier molecular flexibility index (Phi) is 6.14. The maximum Gasteiger partial charge on any atom is 0.416 e. The molecule has 2 aromatic carbocycles. The molecular weight excluding hydrogens is 371 g/mol. The predicted molar refractivity (Wildman–Crippen MR) is 88.2 cm³/mol. The van der Waals surface area contributed by atoms with E-state index in [1.165, 1.54) is 11.8 Å². The van der Waals surface area contributed by atoms with Gasteiger partial charge in [0.1, 0.15) is 0 Å². The Balaban J connectivity index is 2.01. The van der Waals surface area contributed by atoms with Crippen LogP contribution >= 0.6 is 0 Å². The van der Waals surface area contributed by atoms with Gasteiger partial charge in [-0.15, -0.1) is 0 Å². The smallest absolute Gasteiger partial charge is 0.350 e. The van der Waals surface area contributed by atoms with Crippen LogP contribution < -0.4 is 10.2 Å². The Morgan fingerprint density at radius 3 is 2.15 bits per heavy atom. The molecule has 2 aromatic rings. The summed E-state index contributed by atoms with van der Waals surface area (Å²) < 4.78 is 63.8. The summed E-state index contributed by atoms with van der Waals surface area (Å²) >= 11 is 0. The summed E-state index contributed by atoms with van der Waals surface area (Å²) in [5.41, 5.74) is -0.711. The van der Waals surface area contributed by atoms with Gasteiger partial charge in [0.25, 0.3) is 5.91 Å². The van der Waals surface area contributed by atoms with Gasteiger partial charge in [-0.1, -0.05) is 0 Å². The lowest BCUT2D eigenvalue weighted by Crippen LogP contribution is -2.37. The first kappa shape index (κ1) is 20.3. The molecule has 0 aliphatic rings. The van der Waals surface area contributed by atoms with Gasteiger partial charge in [0.2, 0.25) is 5.91 Å². The summed E-state index contributed by atoms with van der Waals surface area (Å²) in [6.07, 6.45) is -4.49. The highest BCUT2D eigenvalue weighted by atomic mass is 19.4. The van der Waals surface area contributed by atoms with Crippen LogP contribution in [0.4, 0.5) is 27.6 Å². The molecule has 0 heterocycles. The molecule has 0 saturated heterocycles. The van der Waals surface area contributed by atoms with E-state index in [0.29, 0.717) is 0 Å². The van der Waals surface area contributed by atoms with Gasteiger partial charge >= 0.3 is 6.18 Å². The molecule has 2 amide bonds. The number of rotatable bonds is 5. The summed E-state index contributed by atoms with van der Waals surface area (Å²) in [5, 5.41) is 2.43. The van der Waals surface area contributed by atoms with Crippen molar-refractivity contribution in [1.82, 2.24) is 5.32 Å². The summed E-state index contributed by atoms with van der Waals surface area (Å²) in [6.45, 7) is 1.17. The maximum absolute atomic E-state index is 13.1. The number of alkyl halides is 3. The fraction of sp³-hybridized carbons (Fsp3) is 0.222. The Morgan fingerprint density at radius 1 is 1.00 bits per heavy atom. The Hall–Kier alpha value is -2.97. The molecule has 27 heavy (non-hydrogen) atoms. The highest BCUT2D eigenvalue weighted by Crippen LogP contribution is 2.30. The number of benzene rings is 2. The van der Waals surface area contributed by atoms with E-state index in [2.05, 4.69) is 5.32 Å². The normalized spacial score (nSPS) is 11.2. The number of halogens is 5. The zero-order valence-corrected chi connectivity index (χ0v) is 14.1. The number of nitrogens with zero attached hydrogens (tertiary/aromatic N) is 1. The van der Waals surface area contributed by atoms with Crippen LogP contribution in [0.5, 0.6) is 0 Å². The van der Waals surface area contributed by atoms with E-state index in [0.717, 1.165) is 42.5 Å². The molecule has 0 aliphatic carbocycles. The number of carbonyl (C=O) groups is 2. The summed E-state index contributed by atoms with van der Waals surface area (Å²) in [6, 6.07) is 6.67. The van der Waals surface area contributed by atoms with Crippen LogP contribution in [0.2, 0.25) is 0 Å². The topological polar surface area (TPSA) is 49.4 Å². The minimum Gasteiger partial charge on any atom is -0.350 e. The van der Waals surface area contributed by atoms with Gasteiger partial charge in [-0.25, -0.2) is 8.78 Å². The van der Waals surface area contributed by atoms with Crippen molar-refractivity contribution in [2.45, 2.75) is 13.1 Å². The highest BCUT2D eigenvalue weighted by molar-refractivity contribution is 5.94. The van der Waals surface area contributed by atoms with E-state index in [9.17, 15) is 31.5 Å². The molecule has 0 aliphatic heterocycles. The monoisotopic (exact) mass is 386 g/mol. The van der Waals surface area contributed by atoms with Crippen molar-refractivity contribution in [2.24, 2.45) is 0 Å². The van der Waals surface area contributed by atoms with Crippen LogP contribution in [-0.2, 0) is 11.0 Å². The molecule has 144 valence electrons. The van der Waals surface area contributed by atoms with E-state index in [1.807, 2.05) is 0 Å². The molecule has 0 spiro atoms. The third-order valence-electron chi connectivity index (χ3n) is 3.69. The molecule has 0 radical (unpaired) electrons. The van der Waals surface area contributed by atoms with Crippen molar-refractivity contribution in [1.29, 1.82) is 0 Å². The molecule has 1 N–H and O–H groups in total. The standard InChI is InChI=1S/C18H15F5N2O2/c1-11(26)25(14-5-3-13(4-6-14)18(21,22)23)9-8-24-17(27)12-2-7-15(19)16(20)10-12/h2-7,10H,8-9H2,1H3,(H,24,27). The lowest BCUT2D eigenvalue weighted by atomic mass is 10.2. The fourth-order valence-electron chi connectivity index (χ4n) is 2.32. The van der Waals surface area contributed by atoms with Gasteiger partial charge in [-0.05, 0) is 42.5 Å². The largest absolute Gasteiger partial charge is 0.416 e. The summed E-state index contributed by atoms with van der Waals surface area (Å²) in [7, 11) is 0. The van der Waals surface area contributed by atoms with Crippen molar-refractivity contribution >= 4 is 17.5 Å². The van der Waals surface area contributed by atoms with E-state index >= 15 is 0 Å². The predicted octanol–water partition coefficient (Wildman–Crippen LogP) is 3.77. The van der Waals surface area contributed by atoms with Crippen molar-refractivity contribution in [3.8, 4) is 0 Å². The van der Waals surface area contributed by atoms with Crippen molar-refractivity contribution < 1.29 is 31.5 Å². The quantitative estimate of drug-likeness (QED) is 0.796. The van der Waals surface area contributed by atoms with Crippen molar-refractivity contribution in [2.75, 3.05) is 18.0 Å². The molecule has 0 saturated carbocycles. The number of hydrogen-bond acceptors (Lipinski definition) is 2. The molecule has 0 atom stereocenters. The lowest BCUT2D eigenvalue weighted by molar-refractivity contribution is -0.137. The second-order valence-electron chi connectivity index (χ2n) is 5.60. The van der Waals surface area contributed by atoms with E-state index in [4.69, 9.17) is 0 Å². The molecule has 0 aromatic heterocycles. The average Bonchev–Trinajstić information content (AvgIpc) is 2.60. The van der Waals surface area contributed by atoms with Crippen LogP contribution in [0.25, 0.3) is 0 Å². The molecule has 4 nitrogen and oxygen atoms in total. The van der Waals surface area contributed by atoms with Gasteiger partial charge in [0, 0.05) is 31.3 Å². The third-order valence-corrected chi connectivity index (χ3v) is 3.69. The van der Waals surface area contributed by atoms with Crippen molar-refractivity contribution in [3.05, 3.63) is 65.2 Å². The minimum atomic E-state index is -4.49. The number of hydrogen-bond donors (Lipinski definition) is 1. The first-order valence-electron chi connectivity index (χ1n) is 7.78. The second kappa shape index (κ2) is 8.15. The van der Waals surface area contributed by atoms with Gasteiger partial charge in [0.15, 0.2) is 11.6 Å². The Labute approximate surface area is 151 Å². The maximum atomic E-state index is 13.1. The van der Waals surface area contributed by atoms with Crippen LogP contribution in [0.1, 0.15) is 22.8 Å². The number of anilines is 1. The van der Waals surface area contributed by atoms with Crippen LogP contribution in [0, 0.1) is 11.6 Å². The van der Waals surface area contributed by atoms with E-state index in [-0.39, 0.29) is 24.3 Å². The second-order valence-corrected chi connectivity index (χ2v) is 5.60. The summed E-state index contributed by atoms with van der Waals surface area (Å²) in [4.78, 5) is 24.9. The molecular formula is C18H15F5N2O2. The fourth-order valence-corrected chi connectivity index (χ4v) is 2.32. The Bertz CT molecular complexity index is 835. The summed E-state index contributed by atoms with van der Waals surface area (Å²) in [5.74, 6) is -3.36. The van der Waals surface area contributed by atoms with Gasteiger partial charge in [0.05, 0.1) is 5.56 Å². The van der Waals surface area contributed by atoms with Crippen LogP contribution in [0.3, 0.4) is 0 Å². The van der Waals surface area contributed by atoms with Crippen LogP contribution in [0.15, 0.2) is 42.5 Å². The van der Waals surface area contributed by atoms with Crippen molar-refractivity contribution in [3.63, 3.8) is 0 Å². The number of carbonyl (C=O) groups excluding carboxylic acids is 2. The molecule has 0 unspecified atom stereocenters. The molecule has 9 heteroatoms. The minimum absolute atomic E-state index is 0.0177. The van der Waals surface area contributed by atoms with Crippen LogP contribution in [-0.4, -0.2) is 24.9 Å². The zero-order chi connectivity index (χ0) is 20.2. The Morgan fingerprint density at radius 2 is 1.63 bits per heavy atom.